The van der Waals surface area contributed by atoms with Crippen molar-refractivity contribution in [3.63, 3.8) is 0 Å². The summed E-state index contributed by atoms with van der Waals surface area (Å²) in [5.41, 5.74) is 1.79. The molecule has 0 aliphatic carbocycles. The minimum atomic E-state index is -4.39. The van der Waals surface area contributed by atoms with Crippen LogP contribution in [0.5, 0.6) is 5.88 Å². The summed E-state index contributed by atoms with van der Waals surface area (Å²) in [5, 5.41) is 7.35. The normalized spacial score (nSPS) is 12.1. The molecule has 2 N–H and O–H groups in total. The zero-order valence-corrected chi connectivity index (χ0v) is 16.2. The molecule has 148 valence electrons. The Bertz CT molecular complexity index is 757. The van der Waals surface area contributed by atoms with Gasteiger partial charge >= 0.3 is 6.18 Å². The number of aromatic nitrogens is 2. The van der Waals surface area contributed by atoms with Crippen LogP contribution in [0.25, 0.3) is 0 Å². The maximum atomic E-state index is 12.2. The Morgan fingerprint density at radius 3 is 2.70 bits per heavy atom. The third kappa shape index (κ3) is 7.41. The lowest BCUT2D eigenvalue weighted by molar-refractivity contribution is -0.154. The minimum absolute atomic E-state index is 0.0657. The fourth-order valence-electron chi connectivity index (χ4n) is 2.14. The number of aryl methyl sites for hydroxylation is 2. The molecule has 0 saturated heterocycles. The van der Waals surface area contributed by atoms with Crippen LogP contribution in [0.2, 0.25) is 0 Å². The number of alkyl halides is 3. The number of ether oxygens (including phenoxy) is 1. The zero-order valence-electron chi connectivity index (χ0n) is 15.4. The zero-order chi connectivity index (χ0) is 19.9. The quantitative estimate of drug-likeness (QED) is 0.551. The first-order valence-electron chi connectivity index (χ1n) is 8.28. The number of nitrogens with one attached hydrogen (secondary N) is 2. The molecule has 27 heavy (non-hydrogen) atoms. The summed E-state index contributed by atoms with van der Waals surface area (Å²) >= 11 is 1.68. The van der Waals surface area contributed by atoms with E-state index >= 15 is 0 Å². The summed E-state index contributed by atoms with van der Waals surface area (Å²) in [6.07, 6.45) is -2.20. The van der Waals surface area contributed by atoms with E-state index in [0.29, 0.717) is 19.0 Å². The van der Waals surface area contributed by atoms with Gasteiger partial charge in [0.25, 0.3) is 0 Å². The molecule has 2 heterocycles. The van der Waals surface area contributed by atoms with Gasteiger partial charge in [0, 0.05) is 43.7 Å². The molecule has 2 aromatic heterocycles. The average molecular weight is 401 g/mol. The monoisotopic (exact) mass is 401 g/mol. The van der Waals surface area contributed by atoms with Gasteiger partial charge in [-0.2, -0.15) is 13.2 Å². The van der Waals surface area contributed by atoms with Crippen molar-refractivity contribution in [1.29, 1.82) is 0 Å². The Kier molecular flexibility index (Phi) is 7.40. The first-order chi connectivity index (χ1) is 12.8. The Morgan fingerprint density at radius 1 is 1.30 bits per heavy atom. The molecule has 0 fully saturated rings. The van der Waals surface area contributed by atoms with Crippen LogP contribution in [0.15, 0.2) is 23.3 Å². The van der Waals surface area contributed by atoms with Crippen molar-refractivity contribution in [1.82, 2.24) is 20.6 Å². The Hall–Kier alpha value is -2.36. The molecule has 10 heteroatoms. The maximum absolute atomic E-state index is 12.2. The molecule has 2 aromatic rings. The lowest BCUT2D eigenvalue weighted by Gasteiger charge is -2.12. The molecule has 0 aliphatic rings. The van der Waals surface area contributed by atoms with E-state index in [0.717, 1.165) is 22.7 Å². The predicted octanol–water partition coefficient (Wildman–Crippen LogP) is 3.00. The second-order valence-electron chi connectivity index (χ2n) is 5.76. The topological polar surface area (TPSA) is 71.4 Å². The fourth-order valence-corrected chi connectivity index (χ4v) is 3.07. The highest BCUT2D eigenvalue weighted by Crippen LogP contribution is 2.18. The van der Waals surface area contributed by atoms with Crippen LogP contribution in [0, 0.1) is 13.8 Å². The number of nitrogens with zero attached hydrogens (tertiary/aromatic N) is 3. The van der Waals surface area contributed by atoms with E-state index in [-0.39, 0.29) is 5.88 Å². The maximum Gasteiger partial charge on any atom is 0.422 e. The van der Waals surface area contributed by atoms with E-state index in [9.17, 15) is 13.2 Å². The summed E-state index contributed by atoms with van der Waals surface area (Å²) in [6, 6.07) is 3.16. The second-order valence-corrected chi connectivity index (χ2v) is 7.05. The molecule has 0 radical (unpaired) electrons. The molecule has 6 nitrogen and oxygen atoms in total. The molecule has 0 spiro atoms. The predicted molar refractivity (Wildman–Crippen MR) is 99.3 cm³/mol. The first-order valence-corrected chi connectivity index (χ1v) is 9.10. The summed E-state index contributed by atoms with van der Waals surface area (Å²) in [5.74, 6) is 0.527. The number of rotatable bonds is 7. The summed E-state index contributed by atoms with van der Waals surface area (Å²) < 4.78 is 41.3. The molecule has 0 bridgehead atoms. The molecule has 0 amide bonds. The van der Waals surface area contributed by atoms with Crippen LogP contribution in [-0.4, -0.2) is 42.3 Å². The smallest absolute Gasteiger partial charge is 0.422 e. The van der Waals surface area contributed by atoms with E-state index in [2.05, 4.69) is 30.3 Å². The Morgan fingerprint density at radius 2 is 2.07 bits per heavy atom. The van der Waals surface area contributed by atoms with Crippen LogP contribution in [-0.2, 0) is 13.0 Å². The third-order valence-electron chi connectivity index (χ3n) is 3.57. The fraction of sp³-hybridized carbons (Fsp3) is 0.471. The lowest BCUT2D eigenvalue weighted by atomic mass is 10.2. The molecule has 0 unspecified atom stereocenters. The van der Waals surface area contributed by atoms with Gasteiger partial charge in [0.15, 0.2) is 12.6 Å². The standard InChI is InChI=1S/C17H22F3N5OS/c1-11-12(2)27-15(25-11)5-7-23-16(21-3)24-9-13-4-6-22-14(8-13)26-10-17(18,19)20/h4,6,8H,5,7,9-10H2,1-3H3,(H2,21,23,24). The van der Waals surface area contributed by atoms with Gasteiger partial charge in [-0.15, -0.1) is 11.3 Å². The molecule has 0 aliphatic heterocycles. The SMILES string of the molecule is CN=C(NCCc1nc(C)c(C)s1)NCc1ccnc(OCC(F)(F)F)c1. The number of hydrogen-bond acceptors (Lipinski definition) is 5. The van der Waals surface area contributed by atoms with E-state index in [1.54, 1.807) is 24.5 Å². The number of pyridine rings is 1. The largest absolute Gasteiger partial charge is 0.468 e. The highest BCUT2D eigenvalue weighted by atomic mass is 32.1. The van der Waals surface area contributed by atoms with Crippen LogP contribution in [0.1, 0.15) is 21.1 Å². The van der Waals surface area contributed by atoms with Crippen LogP contribution in [0.3, 0.4) is 0 Å². The van der Waals surface area contributed by atoms with Crippen molar-refractivity contribution in [2.75, 3.05) is 20.2 Å². The number of hydrogen-bond donors (Lipinski definition) is 2. The van der Waals surface area contributed by atoms with Gasteiger partial charge in [0.1, 0.15) is 0 Å². The molecule has 0 saturated carbocycles. The van der Waals surface area contributed by atoms with E-state index in [1.807, 2.05) is 13.8 Å². The van der Waals surface area contributed by atoms with Crippen LogP contribution < -0.4 is 15.4 Å². The summed E-state index contributed by atoms with van der Waals surface area (Å²) in [7, 11) is 1.65. The van der Waals surface area contributed by atoms with E-state index < -0.39 is 12.8 Å². The molecule has 0 atom stereocenters. The van der Waals surface area contributed by atoms with Gasteiger partial charge in [-0.1, -0.05) is 0 Å². The Labute approximate surface area is 159 Å². The molecule has 2 rings (SSSR count). The van der Waals surface area contributed by atoms with Gasteiger partial charge in [-0.3, -0.25) is 4.99 Å². The van der Waals surface area contributed by atoms with Crippen LogP contribution >= 0.6 is 11.3 Å². The van der Waals surface area contributed by atoms with Gasteiger partial charge in [0.2, 0.25) is 5.88 Å². The van der Waals surface area contributed by atoms with E-state index in [4.69, 9.17) is 0 Å². The van der Waals surface area contributed by atoms with Crippen molar-refractivity contribution in [3.05, 3.63) is 39.5 Å². The summed E-state index contributed by atoms with van der Waals surface area (Å²) in [6.45, 7) is 3.72. The molecular weight excluding hydrogens is 379 g/mol. The van der Waals surface area contributed by atoms with Crippen molar-refractivity contribution in [2.45, 2.75) is 33.0 Å². The number of aliphatic imine (C=N–C) groups is 1. The highest BCUT2D eigenvalue weighted by molar-refractivity contribution is 7.11. The lowest BCUT2D eigenvalue weighted by Crippen LogP contribution is -2.37. The Balaban J connectivity index is 1.79. The average Bonchev–Trinajstić information content (AvgIpc) is 2.93. The number of halogens is 3. The van der Waals surface area contributed by atoms with Gasteiger partial charge in [-0.25, -0.2) is 9.97 Å². The first kappa shape index (κ1) is 20.9. The summed E-state index contributed by atoms with van der Waals surface area (Å²) in [4.78, 5) is 13.6. The third-order valence-corrected chi connectivity index (χ3v) is 4.70. The van der Waals surface area contributed by atoms with Gasteiger partial charge in [0.05, 0.1) is 10.7 Å². The van der Waals surface area contributed by atoms with Gasteiger partial charge in [-0.05, 0) is 25.5 Å². The van der Waals surface area contributed by atoms with Gasteiger partial charge < -0.3 is 15.4 Å². The second kappa shape index (κ2) is 9.54. The van der Waals surface area contributed by atoms with E-state index in [1.165, 1.54) is 17.1 Å². The minimum Gasteiger partial charge on any atom is -0.468 e. The van der Waals surface area contributed by atoms with Crippen molar-refractivity contribution in [3.8, 4) is 5.88 Å². The molecule has 0 aromatic carbocycles. The highest BCUT2D eigenvalue weighted by Gasteiger charge is 2.28. The number of thiazole rings is 1. The van der Waals surface area contributed by atoms with Crippen molar-refractivity contribution in [2.24, 2.45) is 4.99 Å². The van der Waals surface area contributed by atoms with Crippen molar-refractivity contribution < 1.29 is 17.9 Å². The van der Waals surface area contributed by atoms with Crippen LogP contribution in [0.4, 0.5) is 13.2 Å². The number of guanidine groups is 1. The van der Waals surface area contributed by atoms with Crippen molar-refractivity contribution >= 4 is 17.3 Å². The molecular formula is C17H22F3N5OS.